The van der Waals surface area contributed by atoms with Crippen LogP contribution in [0.25, 0.3) is 0 Å². The molecule has 0 heterocycles. The SMILES string of the molecule is C[C@H](NC1CCCC(C(F)(F)F)C1)C1CCCCC1. The van der Waals surface area contributed by atoms with Crippen molar-refractivity contribution in [1.82, 2.24) is 5.32 Å². The fourth-order valence-corrected chi connectivity index (χ4v) is 3.78. The van der Waals surface area contributed by atoms with Gasteiger partial charge in [0.15, 0.2) is 0 Å². The summed E-state index contributed by atoms with van der Waals surface area (Å²) < 4.78 is 38.3. The molecule has 0 amide bonds. The quantitative estimate of drug-likeness (QED) is 0.790. The molecule has 2 fully saturated rings. The van der Waals surface area contributed by atoms with Gasteiger partial charge in [-0.15, -0.1) is 0 Å². The molecule has 2 aliphatic carbocycles. The number of nitrogens with one attached hydrogen (secondary N) is 1. The summed E-state index contributed by atoms with van der Waals surface area (Å²) in [7, 11) is 0. The van der Waals surface area contributed by atoms with Crippen LogP contribution in [0.4, 0.5) is 13.2 Å². The molecule has 4 heteroatoms. The van der Waals surface area contributed by atoms with Crippen LogP contribution in [0.2, 0.25) is 0 Å². The molecule has 0 aromatic heterocycles. The molecule has 0 aromatic rings. The third kappa shape index (κ3) is 4.37. The number of hydrogen-bond donors (Lipinski definition) is 1. The number of hydrogen-bond acceptors (Lipinski definition) is 1. The van der Waals surface area contributed by atoms with E-state index in [0.717, 1.165) is 6.42 Å². The molecule has 0 aliphatic heterocycles. The first-order valence-corrected chi connectivity index (χ1v) is 7.79. The predicted octanol–water partition coefficient (Wildman–Crippen LogP) is 4.67. The molecule has 2 unspecified atom stereocenters. The zero-order chi connectivity index (χ0) is 13.9. The van der Waals surface area contributed by atoms with Crippen LogP contribution >= 0.6 is 0 Å². The minimum absolute atomic E-state index is 0.0669. The Labute approximate surface area is 114 Å². The number of rotatable bonds is 3. The van der Waals surface area contributed by atoms with Crippen molar-refractivity contribution in [3.05, 3.63) is 0 Å². The minimum Gasteiger partial charge on any atom is -0.311 e. The van der Waals surface area contributed by atoms with E-state index in [4.69, 9.17) is 0 Å². The summed E-state index contributed by atoms with van der Waals surface area (Å²) in [5.74, 6) is -0.419. The molecule has 3 atom stereocenters. The van der Waals surface area contributed by atoms with Crippen molar-refractivity contribution in [2.24, 2.45) is 11.8 Å². The molecule has 2 saturated carbocycles. The lowest BCUT2D eigenvalue weighted by molar-refractivity contribution is -0.184. The van der Waals surface area contributed by atoms with E-state index in [9.17, 15) is 13.2 Å². The van der Waals surface area contributed by atoms with E-state index in [1.807, 2.05) is 0 Å². The molecular weight excluding hydrogens is 251 g/mol. The first-order chi connectivity index (χ1) is 8.97. The third-order valence-corrected chi connectivity index (χ3v) is 4.99. The largest absolute Gasteiger partial charge is 0.391 e. The van der Waals surface area contributed by atoms with Gasteiger partial charge in [0, 0.05) is 12.1 Å². The van der Waals surface area contributed by atoms with Crippen molar-refractivity contribution in [1.29, 1.82) is 0 Å². The lowest BCUT2D eigenvalue weighted by atomic mass is 9.82. The summed E-state index contributed by atoms with van der Waals surface area (Å²) in [5.41, 5.74) is 0. The highest BCUT2D eigenvalue weighted by molar-refractivity contribution is 4.85. The smallest absolute Gasteiger partial charge is 0.311 e. The molecule has 19 heavy (non-hydrogen) atoms. The average molecular weight is 277 g/mol. The summed E-state index contributed by atoms with van der Waals surface area (Å²) in [6, 6.07) is 0.439. The van der Waals surface area contributed by atoms with Crippen LogP contribution < -0.4 is 5.32 Å². The van der Waals surface area contributed by atoms with E-state index in [1.54, 1.807) is 0 Å². The Morgan fingerprint density at radius 2 is 1.63 bits per heavy atom. The molecule has 0 aromatic carbocycles. The van der Waals surface area contributed by atoms with Gasteiger partial charge in [-0.3, -0.25) is 0 Å². The van der Waals surface area contributed by atoms with Crippen molar-refractivity contribution in [3.63, 3.8) is 0 Å². The Hall–Kier alpha value is -0.250. The first-order valence-electron chi connectivity index (χ1n) is 7.79. The third-order valence-electron chi connectivity index (χ3n) is 4.99. The average Bonchev–Trinajstić information content (AvgIpc) is 2.39. The first kappa shape index (κ1) is 15.1. The van der Waals surface area contributed by atoms with Crippen molar-refractivity contribution < 1.29 is 13.2 Å². The minimum atomic E-state index is -4.01. The van der Waals surface area contributed by atoms with Gasteiger partial charge in [-0.25, -0.2) is 0 Å². The molecule has 112 valence electrons. The van der Waals surface area contributed by atoms with E-state index in [0.29, 0.717) is 24.8 Å². The van der Waals surface area contributed by atoms with Crippen LogP contribution in [0.3, 0.4) is 0 Å². The van der Waals surface area contributed by atoms with E-state index in [1.165, 1.54) is 32.1 Å². The van der Waals surface area contributed by atoms with E-state index in [-0.39, 0.29) is 12.5 Å². The van der Waals surface area contributed by atoms with Crippen LogP contribution in [-0.2, 0) is 0 Å². The van der Waals surface area contributed by atoms with Gasteiger partial charge in [0.05, 0.1) is 5.92 Å². The van der Waals surface area contributed by atoms with E-state index in [2.05, 4.69) is 12.2 Å². The highest BCUT2D eigenvalue weighted by Gasteiger charge is 2.42. The fourth-order valence-electron chi connectivity index (χ4n) is 3.78. The normalized spacial score (nSPS) is 32.2. The molecule has 0 bridgehead atoms. The summed E-state index contributed by atoms with van der Waals surface area (Å²) in [4.78, 5) is 0. The second-order valence-electron chi connectivity index (χ2n) is 6.46. The molecular formula is C15H26F3N. The monoisotopic (exact) mass is 277 g/mol. The van der Waals surface area contributed by atoms with Gasteiger partial charge >= 0.3 is 6.18 Å². The van der Waals surface area contributed by atoms with Crippen molar-refractivity contribution in [2.45, 2.75) is 83.0 Å². The van der Waals surface area contributed by atoms with E-state index < -0.39 is 12.1 Å². The standard InChI is InChI=1S/C15H26F3N/c1-11(12-6-3-2-4-7-12)19-14-9-5-8-13(10-14)15(16,17)18/h11-14,19H,2-10H2,1H3/t11-,13?,14?/m0/s1. The number of alkyl halides is 3. The summed E-state index contributed by atoms with van der Waals surface area (Å²) >= 11 is 0. The molecule has 0 radical (unpaired) electrons. The maximum atomic E-state index is 12.8. The van der Waals surface area contributed by atoms with Crippen LogP contribution in [0.1, 0.15) is 64.7 Å². The Balaban J connectivity index is 1.81. The van der Waals surface area contributed by atoms with Crippen LogP contribution in [0, 0.1) is 11.8 Å². The Morgan fingerprint density at radius 1 is 0.947 bits per heavy atom. The highest BCUT2D eigenvalue weighted by atomic mass is 19.4. The summed E-state index contributed by atoms with van der Waals surface area (Å²) in [6.45, 7) is 2.16. The van der Waals surface area contributed by atoms with Crippen molar-refractivity contribution >= 4 is 0 Å². The van der Waals surface area contributed by atoms with Crippen molar-refractivity contribution in [2.75, 3.05) is 0 Å². The van der Waals surface area contributed by atoms with Gasteiger partial charge in [-0.05, 0) is 44.9 Å². The molecule has 2 aliphatic rings. The second kappa shape index (κ2) is 6.47. The zero-order valence-corrected chi connectivity index (χ0v) is 11.8. The maximum Gasteiger partial charge on any atom is 0.391 e. The van der Waals surface area contributed by atoms with Crippen molar-refractivity contribution in [3.8, 4) is 0 Å². The highest BCUT2D eigenvalue weighted by Crippen LogP contribution is 2.38. The Bertz CT molecular complexity index is 271. The van der Waals surface area contributed by atoms with Crippen LogP contribution in [-0.4, -0.2) is 18.3 Å². The maximum absolute atomic E-state index is 12.8. The molecule has 0 spiro atoms. The lowest BCUT2D eigenvalue weighted by Gasteiger charge is -2.36. The van der Waals surface area contributed by atoms with Crippen LogP contribution in [0.15, 0.2) is 0 Å². The van der Waals surface area contributed by atoms with Gasteiger partial charge in [-0.1, -0.05) is 25.7 Å². The van der Waals surface area contributed by atoms with Gasteiger partial charge in [0.2, 0.25) is 0 Å². The predicted molar refractivity (Wildman–Crippen MR) is 71.0 cm³/mol. The Kier molecular flexibility index (Phi) is 5.15. The summed E-state index contributed by atoms with van der Waals surface area (Å²) in [5, 5.41) is 3.49. The number of halogens is 3. The molecule has 1 N–H and O–H groups in total. The Morgan fingerprint density at radius 3 is 2.26 bits per heavy atom. The van der Waals surface area contributed by atoms with Gasteiger partial charge in [0.1, 0.15) is 0 Å². The topological polar surface area (TPSA) is 12.0 Å². The molecule has 2 rings (SSSR count). The van der Waals surface area contributed by atoms with Gasteiger partial charge < -0.3 is 5.32 Å². The lowest BCUT2D eigenvalue weighted by Crippen LogP contribution is -2.45. The van der Waals surface area contributed by atoms with Crippen LogP contribution in [0.5, 0.6) is 0 Å². The van der Waals surface area contributed by atoms with E-state index >= 15 is 0 Å². The van der Waals surface area contributed by atoms with Gasteiger partial charge in [-0.2, -0.15) is 13.2 Å². The van der Waals surface area contributed by atoms with Gasteiger partial charge in [0.25, 0.3) is 0 Å². The molecule has 1 nitrogen and oxygen atoms in total. The zero-order valence-electron chi connectivity index (χ0n) is 11.8. The molecule has 0 saturated heterocycles. The summed E-state index contributed by atoms with van der Waals surface area (Å²) in [6.07, 6.45) is 4.58. The fraction of sp³-hybridized carbons (Fsp3) is 1.00. The second-order valence-corrected chi connectivity index (χ2v) is 6.46.